The number of hydrogen-bond acceptors (Lipinski definition) is 7. The number of aromatic nitrogens is 2. The molecule has 2 heterocycles. The van der Waals surface area contributed by atoms with Gasteiger partial charge < -0.3 is 26.2 Å². The molecular weight excluding hydrogens is 478 g/mol. The number of likely N-dealkylation sites (tertiary alicyclic amines) is 1. The van der Waals surface area contributed by atoms with Crippen LogP contribution in [0.25, 0.3) is 0 Å². The second-order valence-corrected chi connectivity index (χ2v) is 11.1. The Labute approximate surface area is 225 Å². The second-order valence-electron chi connectivity index (χ2n) is 11.1. The number of hydrogen-bond donors (Lipinski definition) is 4. The maximum atomic E-state index is 12.8. The molecule has 3 aliphatic rings. The summed E-state index contributed by atoms with van der Waals surface area (Å²) in [4.78, 5) is 36.5. The fraction of sp³-hybridized carbons (Fsp3) is 0.586. The Kier molecular flexibility index (Phi) is 8.73. The lowest BCUT2D eigenvalue weighted by Gasteiger charge is -2.28. The Morgan fingerprint density at radius 1 is 1.03 bits per heavy atom. The van der Waals surface area contributed by atoms with Crippen LogP contribution in [-0.2, 0) is 4.79 Å². The molecule has 2 aromatic rings. The van der Waals surface area contributed by atoms with E-state index in [0.29, 0.717) is 29.9 Å². The first-order chi connectivity index (χ1) is 18.5. The van der Waals surface area contributed by atoms with E-state index in [4.69, 9.17) is 4.98 Å². The molecule has 4 N–H and O–H groups in total. The van der Waals surface area contributed by atoms with E-state index in [1.54, 1.807) is 0 Å². The first-order valence-corrected chi connectivity index (χ1v) is 14.3. The van der Waals surface area contributed by atoms with E-state index in [-0.39, 0.29) is 17.7 Å². The predicted molar refractivity (Wildman–Crippen MR) is 150 cm³/mol. The predicted octanol–water partition coefficient (Wildman–Crippen LogP) is 3.89. The molecule has 38 heavy (non-hydrogen) atoms. The van der Waals surface area contributed by atoms with Gasteiger partial charge in [0.25, 0.3) is 5.91 Å². The fourth-order valence-electron chi connectivity index (χ4n) is 5.08. The maximum absolute atomic E-state index is 12.8. The topological polar surface area (TPSA) is 111 Å². The van der Waals surface area contributed by atoms with Crippen LogP contribution in [0.3, 0.4) is 0 Å². The molecule has 2 aliphatic carbocycles. The van der Waals surface area contributed by atoms with Gasteiger partial charge in [0.1, 0.15) is 5.82 Å². The number of carbonyl (C=O) groups is 2. The Hall–Kier alpha value is -3.20. The number of amides is 2. The summed E-state index contributed by atoms with van der Waals surface area (Å²) >= 11 is 0. The molecule has 0 spiro atoms. The molecule has 1 aromatic heterocycles. The number of benzene rings is 1. The van der Waals surface area contributed by atoms with E-state index in [9.17, 15) is 9.59 Å². The van der Waals surface area contributed by atoms with Crippen LogP contribution in [0.1, 0.15) is 73.2 Å². The summed E-state index contributed by atoms with van der Waals surface area (Å²) < 4.78 is 0. The molecule has 0 radical (unpaired) electrons. The lowest BCUT2D eigenvalue weighted by Crippen LogP contribution is -2.36. The van der Waals surface area contributed by atoms with Crippen molar-refractivity contribution >= 4 is 29.3 Å². The monoisotopic (exact) mass is 519 g/mol. The third-order valence-electron chi connectivity index (χ3n) is 8.03. The maximum Gasteiger partial charge on any atom is 0.251 e. The molecule has 204 valence electrons. The molecule has 0 unspecified atom stereocenters. The summed E-state index contributed by atoms with van der Waals surface area (Å²) in [6, 6.07) is 7.48. The average molecular weight is 520 g/mol. The van der Waals surface area contributed by atoms with Crippen LogP contribution in [0.4, 0.5) is 17.5 Å². The van der Waals surface area contributed by atoms with Crippen molar-refractivity contribution in [1.29, 1.82) is 0 Å². The molecule has 5 rings (SSSR count). The Morgan fingerprint density at radius 3 is 2.58 bits per heavy atom. The van der Waals surface area contributed by atoms with Gasteiger partial charge in [0, 0.05) is 48.6 Å². The molecule has 0 bridgehead atoms. The normalized spacial score (nSPS) is 18.4. The van der Waals surface area contributed by atoms with Gasteiger partial charge in [0.05, 0.1) is 0 Å². The minimum Gasteiger partial charge on any atom is -0.370 e. The van der Waals surface area contributed by atoms with Gasteiger partial charge in [-0.15, -0.1) is 0 Å². The largest absolute Gasteiger partial charge is 0.370 e. The standard InChI is InChI=1S/C29H41N7O2/c1-36-15-11-20(12-16-36)18-32-28(38)23-7-3-8-24(17-23)34-29-33-19-25(21-9-10-21)26(35-29)30-13-4-14-31-27(37)22-5-2-6-22/h3,7-8,17,19-22H,2,4-6,9-16,18H2,1H3,(H,31,37)(H,32,38)(H2,30,33,34,35). The molecule has 3 fully saturated rings. The summed E-state index contributed by atoms with van der Waals surface area (Å²) in [7, 11) is 2.15. The highest BCUT2D eigenvalue weighted by atomic mass is 16.2. The number of carbonyl (C=O) groups excluding carboxylic acids is 2. The fourth-order valence-corrected chi connectivity index (χ4v) is 5.08. The zero-order valence-corrected chi connectivity index (χ0v) is 22.5. The first-order valence-electron chi connectivity index (χ1n) is 14.3. The summed E-state index contributed by atoms with van der Waals surface area (Å²) in [6.45, 7) is 4.30. The highest BCUT2D eigenvalue weighted by Crippen LogP contribution is 2.42. The Balaban J connectivity index is 1.14. The minimum atomic E-state index is -0.0515. The van der Waals surface area contributed by atoms with Gasteiger partial charge >= 0.3 is 0 Å². The molecule has 0 atom stereocenters. The zero-order valence-electron chi connectivity index (χ0n) is 22.5. The molecular formula is C29H41N7O2. The molecule has 1 aromatic carbocycles. The van der Waals surface area contributed by atoms with Crippen LogP contribution in [-0.4, -0.2) is 66.5 Å². The Bertz CT molecular complexity index is 1110. The van der Waals surface area contributed by atoms with Crippen molar-refractivity contribution < 1.29 is 9.59 Å². The van der Waals surface area contributed by atoms with Gasteiger partial charge in [0.2, 0.25) is 11.9 Å². The summed E-state index contributed by atoms with van der Waals surface area (Å²) in [5.41, 5.74) is 2.55. The zero-order chi connectivity index (χ0) is 26.3. The van der Waals surface area contributed by atoms with Gasteiger partial charge in [-0.05, 0) is 95.1 Å². The molecule has 9 nitrogen and oxygen atoms in total. The van der Waals surface area contributed by atoms with Crippen LogP contribution < -0.4 is 21.3 Å². The van der Waals surface area contributed by atoms with Crippen molar-refractivity contribution in [1.82, 2.24) is 25.5 Å². The quantitative estimate of drug-likeness (QED) is 0.315. The third-order valence-corrected chi connectivity index (χ3v) is 8.03. The van der Waals surface area contributed by atoms with Gasteiger partial charge in [0.15, 0.2) is 0 Å². The van der Waals surface area contributed by atoms with E-state index in [2.05, 4.69) is 38.2 Å². The third kappa shape index (κ3) is 7.22. The van der Waals surface area contributed by atoms with Crippen LogP contribution in [0.5, 0.6) is 0 Å². The van der Waals surface area contributed by atoms with Crippen LogP contribution >= 0.6 is 0 Å². The van der Waals surface area contributed by atoms with E-state index in [0.717, 1.165) is 88.2 Å². The molecule has 1 aliphatic heterocycles. The molecule has 9 heteroatoms. The number of rotatable bonds is 12. The number of nitrogens with zero attached hydrogens (tertiary/aromatic N) is 3. The van der Waals surface area contributed by atoms with Crippen molar-refractivity contribution in [3.63, 3.8) is 0 Å². The highest BCUT2D eigenvalue weighted by Gasteiger charge is 2.28. The number of anilines is 3. The van der Waals surface area contributed by atoms with Gasteiger partial charge in [-0.3, -0.25) is 9.59 Å². The van der Waals surface area contributed by atoms with Crippen molar-refractivity contribution in [3.8, 4) is 0 Å². The SMILES string of the molecule is CN1CCC(CNC(=O)c2cccc(Nc3ncc(C4CC4)c(NCCCNC(=O)C4CCC4)n3)c2)CC1. The van der Waals surface area contributed by atoms with Crippen molar-refractivity contribution in [2.45, 2.75) is 57.3 Å². The van der Waals surface area contributed by atoms with E-state index >= 15 is 0 Å². The first kappa shape index (κ1) is 26.4. The summed E-state index contributed by atoms with van der Waals surface area (Å²) in [5.74, 6) is 2.77. The molecule has 2 amide bonds. The minimum absolute atomic E-state index is 0.0515. The molecule has 2 saturated carbocycles. The smallest absolute Gasteiger partial charge is 0.251 e. The highest BCUT2D eigenvalue weighted by molar-refractivity contribution is 5.95. The van der Waals surface area contributed by atoms with Crippen LogP contribution in [0, 0.1) is 11.8 Å². The van der Waals surface area contributed by atoms with E-state index < -0.39 is 0 Å². The van der Waals surface area contributed by atoms with Crippen molar-refractivity contribution in [2.75, 3.05) is 50.4 Å². The van der Waals surface area contributed by atoms with Crippen LogP contribution in [0.2, 0.25) is 0 Å². The average Bonchev–Trinajstić information content (AvgIpc) is 3.73. The van der Waals surface area contributed by atoms with Gasteiger partial charge in [-0.25, -0.2) is 4.98 Å². The van der Waals surface area contributed by atoms with Gasteiger partial charge in [-0.1, -0.05) is 12.5 Å². The lowest BCUT2D eigenvalue weighted by molar-refractivity contribution is -0.127. The second kappa shape index (κ2) is 12.6. The Morgan fingerprint density at radius 2 is 1.84 bits per heavy atom. The number of nitrogens with one attached hydrogen (secondary N) is 4. The number of piperidine rings is 1. The summed E-state index contributed by atoms with van der Waals surface area (Å²) in [5, 5.41) is 12.9. The van der Waals surface area contributed by atoms with Gasteiger partial charge in [-0.2, -0.15) is 4.98 Å². The van der Waals surface area contributed by atoms with E-state index in [1.165, 1.54) is 6.42 Å². The van der Waals surface area contributed by atoms with Crippen molar-refractivity contribution in [3.05, 3.63) is 41.6 Å². The van der Waals surface area contributed by atoms with Crippen LogP contribution in [0.15, 0.2) is 30.5 Å². The molecule has 1 saturated heterocycles. The van der Waals surface area contributed by atoms with E-state index in [1.807, 2.05) is 30.5 Å². The summed E-state index contributed by atoms with van der Waals surface area (Å²) in [6.07, 6.45) is 10.5. The van der Waals surface area contributed by atoms with Crippen molar-refractivity contribution in [2.24, 2.45) is 11.8 Å². The lowest BCUT2D eigenvalue weighted by atomic mass is 9.85.